The van der Waals surface area contributed by atoms with Crippen LogP contribution >= 0.6 is 27.3 Å². The SMILES string of the molecule is OC1c2ccccc2-c2sc(Br)cc2-c2c(F)cccc21. The van der Waals surface area contributed by atoms with E-state index in [-0.39, 0.29) is 5.82 Å². The number of thiophene rings is 1. The van der Waals surface area contributed by atoms with E-state index in [1.807, 2.05) is 30.3 Å². The number of fused-ring (bicyclic) bond motifs is 5. The Morgan fingerprint density at radius 3 is 2.62 bits per heavy atom. The first-order chi connectivity index (χ1) is 10.2. The second-order valence-corrected chi connectivity index (χ2v) is 7.42. The van der Waals surface area contributed by atoms with Crippen molar-refractivity contribution < 1.29 is 9.50 Å². The number of aliphatic hydroxyl groups is 1. The summed E-state index contributed by atoms with van der Waals surface area (Å²) in [4.78, 5) is 0.986. The Labute approximate surface area is 133 Å². The van der Waals surface area contributed by atoms with Gasteiger partial charge in [-0.1, -0.05) is 36.4 Å². The molecule has 1 unspecified atom stereocenters. The minimum atomic E-state index is -0.815. The lowest BCUT2D eigenvalue weighted by Gasteiger charge is -2.14. The lowest BCUT2D eigenvalue weighted by Crippen LogP contribution is -2.02. The fourth-order valence-electron chi connectivity index (χ4n) is 2.91. The molecular weight excluding hydrogens is 351 g/mol. The first-order valence-electron chi connectivity index (χ1n) is 6.52. The van der Waals surface area contributed by atoms with Gasteiger partial charge < -0.3 is 5.11 Å². The number of aliphatic hydroxyl groups excluding tert-OH is 1. The summed E-state index contributed by atoms with van der Waals surface area (Å²) in [5, 5.41) is 10.7. The van der Waals surface area contributed by atoms with Gasteiger partial charge in [-0.3, -0.25) is 0 Å². The fraction of sp³-hybridized carbons (Fsp3) is 0.0588. The normalized spacial score (nSPS) is 15.9. The van der Waals surface area contributed by atoms with Crippen LogP contribution in [0.4, 0.5) is 4.39 Å². The van der Waals surface area contributed by atoms with E-state index < -0.39 is 6.10 Å². The van der Waals surface area contributed by atoms with Crippen molar-refractivity contribution in [1.82, 2.24) is 0 Å². The minimum Gasteiger partial charge on any atom is -0.384 e. The first kappa shape index (κ1) is 13.2. The van der Waals surface area contributed by atoms with Gasteiger partial charge in [0, 0.05) is 16.0 Å². The maximum atomic E-state index is 14.4. The Kier molecular flexibility index (Phi) is 2.99. The lowest BCUT2D eigenvalue weighted by molar-refractivity contribution is 0.221. The van der Waals surface area contributed by atoms with Gasteiger partial charge >= 0.3 is 0 Å². The predicted molar refractivity (Wildman–Crippen MR) is 86.9 cm³/mol. The number of halogens is 2. The van der Waals surface area contributed by atoms with E-state index >= 15 is 0 Å². The van der Waals surface area contributed by atoms with Gasteiger partial charge in [0.25, 0.3) is 0 Å². The molecule has 0 bridgehead atoms. The van der Waals surface area contributed by atoms with E-state index in [2.05, 4.69) is 15.9 Å². The average molecular weight is 361 g/mol. The molecule has 2 aromatic carbocycles. The molecule has 4 heteroatoms. The summed E-state index contributed by atoms with van der Waals surface area (Å²) >= 11 is 5.05. The van der Waals surface area contributed by atoms with Gasteiger partial charge in [0.2, 0.25) is 0 Å². The van der Waals surface area contributed by atoms with Gasteiger partial charge in [0.05, 0.1) is 3.79 Å². The van der Waals surface area contributed by atoms with Crippen molar-refractivity contribution in [2.24, 2.45) is 0 Å². The highest BCUT2D eigenvalue weighted by Gasteiger charge is 2.28. The smallest absolute Gasteiger partial charge is 0.131 e. The maximum Gasteiger partial charge on any atom is 0.131 e. The van der Waals surface area contributed by atoms with E-state index in [0.717, 1.165) is 25.4 Å². The topological polar surface area (TPSA) is 20.2 Å². The van der Waals surface area contributed by atoms with Crippen molar-refractivity contribution >= 4 is 27.3 Å². The van der Waals surface area contributed by atoms with Crippen LogP contribution in [0.1, 0.15) is 17.2 Å². The van der Waals surface area contributed by atoms with Crippen LogP contribution in [0.5, 0.6) is 0 Å². The Morgan fingerprint density at radius 1 is 1.00 bits per heavy atom. The van der Waals surface area contributed by atoms with Crippen molar-refractivity contribution in [3.63, 3.8) is 0 Å². The molecule has 0 fully saturated rings. The summed E-state index contributed by atoms with van der Waals surface area (Å²) in [6.07, 6.45) is -0.815. The molecule has 3 aromatic rings. The fourth-order valence-corrected chi connectivity index (χ4v) is 4.56. The quantitative estimate of drug-likeness (QED) is 0.570. The van der Waals surface area contributed by atoms with Gasteiger partial charge in [-0.25, -0.2) is 4.39 Å². The monoisotopic (exact) mass is 360 g/mol. The van der Waals surface area contributed by atoms with E-state index in [1.54, 1.807) is 23.5 Å². The molecule has 0 radical (unpaired) electrons. The lowest BCUT2D eigenvalue weighted by atomic mass is 9.96. The second kappa shape index (κ2) is 4.77. The third kappa shape index (κ3) is 1.90. The minimum absolute atomic E-state index is 0.300. The molecular formula is C17H10BrFOS. The molecule has 1 nitrogen and oxygen atoms in total. The van der Waals surface area contributed by atoms with E-state index in [4.69, 9.17) is 0 Å². The van der Waals surface area contributed by atoms with Crippen LogP contribution in [0.2, 0.25) is 0 Å². The number of hydrogen-bond acceptors (Lipinski definition) is 2. The zero-order valence-electron chi connectivity index (χ0n) is 10.8. The van der Waals surface area contributed by atoms with Crippen molar-refractivity contribution in [3.8, 4) is 21.6 Å². The van der Waals surface area contributed by atoms with Crippen LogP contribution < -0.4 is 0 Å². The number of rotatable bonds is 0. The Bertz CT molecular complexity index is 856. The van der Waals surface area contributed by atoms with Crippen LogP contribution in [0, 0.1) is 5.82 Å². The summed E-state index contributed by atoms with van der Waals surface area (Å²) in [6.45, 7) is 0. The second-order valence-electron chi connectivity index (χ2n) is 4.99. The van der Waals surface area contributed by atoms with Crippen LogP contribution in [-0.2, 0) is 0 Å². The standard InChI is InChI=1S/C17H10BrFOS/c18-14-8-12-15-11(6-3-7-13(15)19)16(20)9-4-1-2-5-10(9)17(12)21-14/h1-8,16,20H. The van der Waals surface area contributed by atoms with Crippen molar-refractivity contribution in [2.45, 2.75) is 6.10 Å². The molecule has 1 aliphatic rings. The summed E-state index contributed by atoms with van der Waals surface area (Å²) in [6, 6.07) is 14.5. The molecule has 1 aromatic heterocycles. The third-order valence-corrected chi connectivity index (χ3v) is 5.48. The zero-order chi connectivity index (χ0) is 14.6. The van der Waals surface area contributed by atoms with E-state index in [0.29, 0.717) is 11.1 Å². The molecule has 104 valence electrons. The highest BCUT2D eigenvalue weighted by atomic mass is 79.9. The van der Waals surface area contributed by atoms with Crippen LogP contribution in [0.25, 0.3) is 21.6 Å². The molecule has 4 rings (SSSR count). The molecule has 0 amide bonds. The average Bonchev–Trinajstić information content (AvgIpc) is 2.83. The summed E-state index contributed by atoms with van der Waals surface area (Å²) in [7, 11) is 0. The Hall–Kier alpha value is -1.49. The Balaban J connectivity index is 2.18. The molecule has 1 heterocycles. The summed E-state index contributed by atoms with van der Waals surface area (Å²) in [5.41, 5.74) is 3.73. The first-order valence-corrected chi connectivity index (χ1v) is 8.13. The molecule has 21 heavy (non-hydrogen) atoms. The summed E-state index contributed by atoms with van der Waals surface area (Å²) in [5.74, 6) is -0.300. The molecule has 0 aliphatic heterocycles. The summed E-state index contributed by atoms with van der Waals surface area (Å²) < 4.78 is 15.4. The van der Waals surface area contributed by atoms with Crippen LogP contribution in [0.15, 0.2) is 52.3 Å². The largest absolute Gasteiger partial charge is 0.384 e. The highest BCUT2D eigenvalue weighted by Crippen LogP contribution is 2.50. The van der Waals surface area contributed by atoms with Gasteiger partial charge in [-0.05, 0) is 44.8 Å². The van der Waals surface area contributed by atoms with Gasteiger partial charge in [-0.2, -0.15) is 0 Å². The van der Waals surface area contributed by atoms with Crippen molar-refractivity contribution in [2.75, 3.05) is 0 Å². The molecule has 1 N–H and O–H groups in total. The van der Waals surface area contributed by atoms with Crippen LogP contribution in [0.3, 0.4) is 0 Å². The molecule has 0 spiro atoms. The van der Waals surface area contributed by atoms with Gasteiger partial charge in [-0.15, -0.1) is 11.3 Å². The van der Waals surface area contributed by atoms with E-state index in [1.165, 1.54) is 6.07 Å². The molecule has 1 aliphatic carbocycles. The van der Waals surface area contributed by atoms with E-state index in [9.17, 15) is 9.50 Å². The number of hydrogen-bond donors (Lipinski definition) is 1. The number of benzene rings is 2. The van der Waals surface area contributed by atoms with Crippen molar-refractivity contribution in [3.05, 3.63) is 69.3 Å². The molecule has 0 saturated carbocycles. The maximum absolute atomic E-state index is 14.4. The van der Waals surface area contributed by atoms with Crippen LogP contribution in [-0.4, -0.2) is 5.11 Å². The highest BCUT2D eigenvalue weighted by molar-refractivity contribution is 9.11. The van der Waals surface area contributed by atoms with Gasteiger partial charge in [0.15, 0.2) is 0 Å². The molecule has 1 atom stereocenters. The predicted octanol–water partition coefficient (Wildman–Crippen LogP) is 5.38. The van der Waals surface area contributed by atoms with Gasteiger partial charge in [0.1, 0.15) is 11.9 Å². The third-order valence-electron chi connectivity index (χ3n) is 3.81. The molecule has 0 saturated heterocycles. The van der Waals surface area contributed by atoms with Crippen molar-refractivity contribution in [1.29, 1.82) is 0 Å². The Morgan fingerprint density at radius 2 is 1.76 bits per heavy atom. The zero-order valence-corrected chi connectivity index (χ0v) is 13.2.